The van der Waals surface area contributed by atoms with Gasteiger partial charge in [0, 0.05) is 0 Å². The molecule has 0 aliphatic rings. The van der Waals surface area contributed by atoms with Gasteiger partial charge in [0.15, 0.2) is 0 Å². The van der Waals surface area contributed by atoms with Gasteiger partial charge >= 0.3 is 11.9 Å². The SMILES string of the molecule is O=NC(C(=O)O)C(=O)O. The van der Waals surface area contributed by atoms with E-state index in [2.05, 4.69) is 0 Å². The molecule has 0 bridgehead atoms. The van der Waals surface area contributed by atoms with Crippen LogP contribution in [-0.4, -0.2) is 28.2 Å². The maximum Gasteiger partial charge on any atom is 0.343 e. The van der Waals surface area contributed by atoms with Gasteiger partial charge < -0.3 is 10.2 Å². The van der Waals surface area contributed by atoms with Crippen LogP contribution in [0, 0.1) is 4.91 Å². The van der Waals surface area contributed by atoms with Crippen molar-refractivity contribution in [2.24, 2.45) is 5.18 Å². The van der Waals surface area contributed by atoms with Crippen LogP contribution in [0.15, 0.2) is 5.18 Å². The number of nitroso groups, excluding NO2 is 1. The molecular weight excluding hydrogens is 130 g/mol. The van der Waals surface area contributed by atoms with E-state index in [1.54, 1.807) is 0 Å². The van der Waals surface area contributed by atoms with Crippen molar-refractivity contribution in [3.05, 3.63) is 4.91 Å². The summed E-state index contributed by atoms with van der Waals surface area (Å²) in [6.07, 6.45) is 0. The fourth-order valence-corrected chi connectivity index (χ4v) is 0.196. The Morgan fingerprint density at radius 2 is 1.56 bits per heavy atom. The van der Waals surface area contributed by atoms with Crippen molar-refractivity contribution in [3.63, 3.8) is 0 Å². The minimum atomic E-state index is -2.18. The van der Waals surface area contributed by atoms with Gasteiger partial charge in [0.2, 0.25) is 0 Å². The Kier molecular flexibility index (Phi) is 2.31. The Labute approximate surface area is 49.1 Å². The summed E-state index contributed by atoms with van der Waals surface area (Å²) in [6, 6.07) is -2.18. The van der Waals surface area contributed by atoms with E-state index in [-0.39, 0.29) is 0 Å². The van der Waals surface area contributed by atoms with Crippen molar-refractivity contribution in [3.8, 4) is 0 Å². The highest BCUT2D eigenvalue weighted by Crippen LogP contribution is 1.88. The molecule has 0 amide bonds. The van der Waals surface area contributed by atoms with E-state index >= 15 is 0 Å². The monoisotopic (exact) mass is 133 g/mol. The quantitative estimate of drug-likeness (QED) is 0.391. The number of nitrogens with zero attached hydrogens (tertiary/aromatic N) is 1. The highest BCUT2D eigenvalue weighted by atomic mass is 16.4. The van der Waals surface area contributed by atoms with E-state index in [4.69, 9.17) is 10.2 Å². The predicted octanol–water partition coefficient (Wildman–Crippen LogP) is -0.709. The van der Waals surface area contributed by atoms with Crippen LogP contribution in [0.1, 0.15) is 0 Å². The van der Waals surface area contributed by atoms with Crippen LogP contribution < -0.4 is 0 Å². The van der Waals surface area contributed by atoms with Gasteiger partial charge in [0.05, 0.1) is 0 Å². The molecule has 2 N–H and O–H groups in total. The second-order valence-corrected chi connectivity index (χ2v) is 1.18. The first kappa shape index (κ1) is 7.54. The number of hydrogen-bond donors (Lipinski definition) is 2. The molecule has 0 radical (unpaired) electrons. The molecule has 0 aliphatic carbocycles. The van der Waals surface area contributed by atoms with E-state index < -0.39 is 18.0 Å². The molecule has 0 fully saturated rings. The second-order valence-electron chi connectivity index (χ2n) is 1.18. The van der Waals surface area contributed by atoms with Crippen LogP contribution in [0.25, 0.3) is 0 Å². The molecule has 0 aromatic rings. The van der Waals surface area contributed by atoms with Gasteiger partial charge in [0.1, 0.15) is 0 Å². The van der Waals surface area contributed by atoms with Crippen LogP contribution in [0.2, 0.25) is 0 Å². The Morgan fingerprint density at radius 3 is 1.56 bits per heavy atom. The zero-order valence-electron chi connectivity index (χ0n) is 4.14. The first-order valence-electron chi connectivity index (χ1n) is 1.87. The summed E-state index contributed by atoms with van der Waals surface area (Å²) in [5, 5.41) is 17.6. The lowest BCUT2D eigenvalue weighted by Gasteiger charge is -1.92. The first-order chi connectivity index (χ1) is 4.09. The highest BCUT2D eigenvalue weighted by molar-refractivity contribution is 5.97. The van der Waals surface area contributed by atoms with Gasteiger partial charge in [-0.1, -0.05) is 0 Å². The van der Waals surface area contributed by atoms with Crippen LogP contribution in [0.5, 0.6) is 0 Å². The molecule has 9 heavy (non-hydrogen) atoms. The van der Waals surface area contributed by atoms with Gasteiger partial charge in [-0.2, -0.15) is 0 Å². The van der Waals surface area contributed by atoms with Crippen LogP contribution in [-0.2, 0) is 9.59 Å². The fourth-order valence-electron chi connectivity index (χ4n) is 0.196. The van der Waals surface area contributed by atoms with E-state index in [0.717, 1.165) is 0 Å². The number of hydrogen-bond acceptors (Lipinski definition) is 4. The van der Waals surface area contributed by atoms with Crippen LogP contribution >= 0.6 is 0 Å². The van der Waals surface area contributed by atoms with Gasteiger partial charge in [-0.25, -0.2) is 9.59 Å². The van der Waals surface area contributed by atoms with E-state index in [9.17, 15) is 14.5 Å². The van der Waals surface area contributed by atoms with Gasteiger partial charge in [-0.15, -0.1) is 4.91 Å². The molecule has 0 aromatic heterocycles. The molecule has 0 atom stereocenters. The third kappa shape index (κ3) is 1.85. The third-order valence-corrected chi connectivity index (χ3v) is 0.573. The molecule has 6 nitrogen and oxygen atoms in total. The summed E-state index contributed by atoms with van der Waals surface area (Å²) in [7, 11) is 0. The van der Waals surface area contributed by atoms with Gasteiger partial charge in [0.25, 0.3) is 6.04 Å². The van der Waals surface area contributed by atoms with Crippen molar-refractivity contribution in [2.45, 2.75) is 6.04 Å². The van der Waals surface area contributed by atoms with Crippen LogP contribution in [0.4, 0.5) is 0 Å². The fraction of sp³-hybridized carbons (Fsp3) is 0.333. The summed E-state index contributed by atoms with van der Waals surface area (Å²) < 4.78 is 0. The molecule has 0 aliphatic heterocycles. The number of carboxylic acids is 2. The van der Waals surface area contributed by atoms with Crippen molar-refractivity contribution >= 4 is 11.9 Å². The average Bonchev–Trinajstić information content (AvgIpc) is 1.64. The summed E-state index contributed by atoms with van der Waals surface area (Å²) in [5.74, 6) is -3.50. The van der Waals surface area contributed by atoms with Crippen molar-refractivity contribution in [2.75, 3.05) is 0 Å². The zero-order chi connectivity index (χ0) is 7.44. The number of carboxylic acid groups (broad SMARTS) is 2. The lowest BCUT2D eigenvalue weighted by Crippen LogP contribution is -2.26. The van der Waals surface area contributed by atoms with Crippen molar-refractivity contribution in [1.29, 1.82) is 0 Å². The van der Waals surface area contributed by atoms with Crippen LogP contribution in [0.3, 0.4) is 0 Å². The molecule has 0 spiro atoms. The summed E-state index contributed by atoms with van der Waals surface area (Å²) >= 11 is 0. The minimum Gasteiger partial charge on any atom is -0.479 e. The van der Waals surface area contributed by atoms with E-state index in [1.165, 1.54) is 0 Å². The predicted molar refractivity (Wildman–Crippen MR) is 24.9 cm³/mol. The van der Waals surface area contributed by atoms with E-state index in [0.29, 0.717) is 0 Å². The molecule has 0 saturated heterocycles. The Hall–Kier alpha value is -1.46. The van der Waals surface area contributed by atoms with Crippen molar-refractivity contribution in [1.82, 2.24) is 0 Å². The Morgan fingerprint density at radius 1 is 1.22 bits per heavy atom. The normalized spacial score (nSPS) is 9.00. The second kappa shape index (κ2) is 2.75. The molecule has 50 valence electrons. The first-order valence-corrected chi connectivity index (χ1v) is 1.87. The number of rotatable bonds is 3. The topological polar surface area (TPSA) is 104 Å². The molecule has 0 heterocycles. The van der Waals surface area contributed by atoms with Gasteiger partial charge in [-0.3, -0.25) is 0 Å². The lowest BCUT2D eigenvalue weighted by molar-refractivity contribution is -0.149. The van der Waals surface area contributed by atoms with Crippen molar-refractivity contribution < 1.29 is 19.8 Å². The molecule has 0 unspecified atom stereocenters. The number of aliphatic carboxylic acids is 2. The maximum atomic E-state index is 9.70. The summed E-state index contributed by atoms with van der Waals surface area (Å²) in [5.41, 5.74) is 0. The lowest BCUT2D eigenvalue weighted by atomic mass is 10.3. The number of carbonyl (C=O) groups is 2. The summed E-state index contributed by atoms with van der Waals surface area (Å²) in [4.78, 5) is 28.8. The molecule has 0 saturated carbocycles. The zero-order valence-corrected chi connectivity index (χ0v) is 4.14. The standard InChI is InChI=1S/C3H3NO5/c5-2(6)1(4-9)3(7)8/h1H,(H,5,6)(H,7,8). The molecule has 0 rings (SSSR count). The summed E-state index contributed by atoms with van der Waals surface area (Å²) in [6.45, 7) is 0. The smallest absolute Gasteiger partial charge is 0.343 e. The van der Waals surface area contributed by atoms with Gasteiger partial charge in [-0.05, 0) is 5.18 Å². The van der Waals surface area contributed by atoms with E-state index in [1.807, 2.05) is 5.18 Å². The molecule has 6 heteroatoms. The molecular formula is C3H3NO5. The third-order valence-electron chi connectivity index (χ3n) is 0.573. The maximum absolute atomic E-state index is 9.70. The average molecular weight is 133 g/mol. The minimum absolute atomic E-state index is 1.75. The Balaban J connectivity index is 4.16. The molecule has 0 aromatic carbocycles. The highest BCUT2D eigenvalue weighted by Gasteiger charge is 2.26. The largest absolute Gasteiger partial charge is 0.479 e. The Bertz CT molecular complexity index is 138.